The number of halogens is 1. The van der Waals surface area contributed by atoms with Crippen molar-refractivity contribution < 1.29 is 17.3 Å². The molecule has 2 heteroatoms. The average molecular weight is 318 g/mol. The second-order valence-electron chi connectivity index (χ2n) is 6.56. The Morgan fingerprint density at radius 3 is 1.48 bits per heavy atom. The van der Waals surface area contributed by atoms with Gasteiger partial charge in [-0.25, -0.2) is 0 Å². The van der Waals surface area contributed by atoms with Gasteiger partial charge in [-0.1, -0.05) is 83.6 Å². The van der Waals surface area contributed by atoms with Crippen molar-refractivity contribution >= 4 is 0 Å². The number of likely N-dealkylation sites (N-methyl/N-ethyl adjacent to an activating group) is 1. The van der Waals surface area contributed by atoms with Crippen molar-refractivity contribution in [3.05, 3.63) is 12.2 Å². The lowest BCUT2D eigenvalue weighted by molar-refractivity contribution is -0.851. The molecular formula is C19H40ClN. The predicted octanol–water partition coefficient (Wildman–Crippen LogP) is 1.78. The molecule has 0 heterocycles. The molecule has 1 nitrogen and oxygen atoms in total. The number of quaternary nitrogens is 1. The van der Waals surface area contributed by atoms with Gasteiger partial charge in [0, 0.05) is 0 Å². The number of allylic oxidation sites excluding steroid dienone is 1. The van der Waals surface area contributed by atoms with Gasteiger partial charge >= 0.3 is 0 Å². The van der Waals surface area contributed by atoms with Gasteiger partial charge in [0.15, 0.2) is 0 Å². The van der Waals surface area contributed by atoms with Crippen LogP contribution in [0.25, 0.3) is 0 Å². The molecule has 21 heavy (non-hydrogen) atoms. The molecule has 0 spiro atoms. The SMILES string of the molecule is CCCCCCCCCCCCCCC=CC[NH+](C)C.[Cl-]. The van der Waals surface area contributed by atoms with Gasteiger partial charge in [-0.2, -0.15) is 0 Å². The molecule has 0 aromatic heterocycles. The van der Waals surface area contributed by atoms with Crippen LogP contribution >= 0.6 is 0 Å². The van der Waals surface area contributed by atoms with E-state index in [4.69, 9.17) is 0 Å². The van der Waals surface area contributed by atoms with E-state index >= 15 is 0 Å². The number of hydrogen-bond donors (Lipinski definition) is 1. The lowest BCUT2D eigenvalue weighted by atomic mass is 10.0. The highest BCUT2D eigenvalue weighted by Crippen LogP contribution is 2.12. The third-order valence-corrected chi connectivity index (χ3v) is 3.92. The van der Waals surface area contributed by atoms with E-state index in [1.165, 1.54) is 88.4 Å². The Morgan fingerprint density at radius 1 is 0.619 bits per heavy atom. The Balaban J connectivity index is 0. The third kappa shape index (κ3) is 22.4. The number of hydrogen-bond acceptors (Lipinski definition) is 0. The molecule has 0 rings (SSSR count). The van der Waals surface area contributed by atoms with E-state index in [2.05, 4.69) is 33.2 Å². The Bertz CT molecular complexity index is 202. The lowest BCUT2D eigenvalue weighted by Crippen LogP contribution is -3.05. The molecule has 0 fully saturated rings. The molecule has 0 saturated heterocycles. The summed E-state index contributed by atoms with van der Waals surface area (Å²) in [6, 6.07) is 0. The maximum atomic E-state index is 2.36. The molecule has 0 amide bonds. The number of rotatable bonds is 15. The highest BCUT2D eigenvalue weighted by atomic mass is 35.5. The standard InChI is InChI=1S/C19H39N.ClH/c1-4-5-6-7-8-9-10-11-12-13-14-15-16-17-18-19-20(2)3;/h17-18H,4-16,19H2,1-3H3;1H. The molecule has 0 aliphatic rings. The fraction of sp³-hybridized carbons (Fsp3) is 0.895. The summed E-state index contributed by atoms with van der Waals surface area (Å²) >= 11 is 0. The van der Waals surface area contributed by atoms with Crippen molar-refractivity contribution in [1.82, 2.24) is 0 Å². The van der Waals surface area contributed by atoms with Crippen LogP contribution in [0.2, 0.25) is 0 Å². The summed E-state index contributed by atoms with van der Waals surface area (Å²) in [5.74, 6) is 0. The monoisotopic (exact) mass is 317 g/mol. The van der Waals surface area contributed by atoms with Crippen molar-refractivity contribution in [2.24, 2.45) is 0 Å². The molecule has 0 radical (unpaired) electrons. The minimum atomic E-state index is 0. The molecule has 0 aromatic rings. The second-order valence-corrected chi connectivity index (χ2v) is 6.56. The van der Waals surface area contributed by atoms with E-state index in [-0.39, 0.29) is 12.4 Å². The fourth-order valence-electron chi connectivity index (χ4n) is 2.54. The van der Waals surface area contributed by atoms with E-state index in [0.717, 1.165) is 6.54 Å². The molecule has 0 aliphatic carbocycles. The van der Waals surface area contributed by atoms with Crippen LogP contribution < -0.4 is 17.3 Å². The molecule has 128 valence electrons. The summed E-state index contributed by atoms with van der Waals surface area (Å²) < 4.78 is 0. The molecule has 0 unspecified atom stereocenters. The van der Waals surface area contributed by atoms with Crippen LogP contribution in [0.3, 0.4) is 0 Å². The van der Waals surface area contributed by atoms with Crippen LogP contribution in [0.5, 0.6) is 0 Å². The van der Waals surface area contributed by atoms with E-state index in [9.17, 15) is 0 Å². The third-order valence-electron chi connectivity index (χ3n) is 3.92. The molecule has 0 bridgehead atoms. The molecule has 0 saturated carbocycles. The van der Waals surface area contributed by atoms with Crippen LogP contribution in [0.1, 0.15) is 90.4 Å². The van der Waals surface area contributed by atoms with Crippen LogP contribution in [0.15, 0.2) is 12.2 Å². The summed E-state index contributed by atoms with van der Waals surface area (Å²) in [5, 5.41) is 0. The summed E-state index contributed by atoms with van der Waals surface area (Å²) in [7, 11) is 4.41. The van der Waals surface area contributed by atoms with E-state index < -0.39 is 0 Å². The molecule has 0 atom stereocenters. The van der Waals surface area contributed by atoms with Gasteiger partial charge in [0.25, 0.3) is 0 Å². The Kier molecular flexibility index (Phi) is 22.1. The zero-order valence-corrected chi connectivity index (χ0v) is 15.7. The highest BCUT2D eigenvalue weighted by Gasteiger charge is 1.93. The fourth-order valence-corrected chi connectivity index (χ4v) is 2.54. The van der Waals surface area contributed by atoms with Gasteiger partial charge in [0.05, 0.1) is 20.6 Å². The Labute approximate surface area is 141 Å². The lowest BCUT2D eigenvalue weighted by Gasteiger charge is -2.02. The maximum absolute atomic E-state index is 2.36. The van der Waals surface area contributed by atoms with Gasteiger partial charge < -0.3 is 17.3 Å². The largest absolute Gasteiger partial charge is 1.00 e. The summed E-state index contributed by atoms with van der Waals surface area (Å²) in [6.07, 6.45) is 23.3. The number of nitrogens with one attached hydrogen (secondary N) is 1. The van der Waals surface area contributed by atoms with Gasteiger partial charge in [-0.15, -0.1) is 0 Å². The summed E-state index contributed by atoms with van der Waals surface area (Å²) in [5.41, 5.74) is 0. The van der Waals surface area contributed by atoms with Crippen molar-refractivity contribution in [1.29, 1.82) is 0 Å². The molecule has 1 N–H and O–H groups in total. The van der Waals surface area contributed by atoms with Gasteiger partial charge in [0.1, 0.15) is 0 Å². The normalized spacial score (nSPS) is 11.2. The van der Waals surface area contributed by atoms with Crippen molar-refractivity contribution in [3.63, 3.8) is 0 Å². The molecule has 0 aliphatic heterocycles. The van der Waals surface area contributed by atoms with Crippen LogP contribution in [0, 0.1) is 0 Å². The van der Waals surface area contributed by atoms with Crippen molar-refractivity contribution in [2.45, 2.75) is 90.4 Å². The second kappa shape index (κ2) is 20.0. The first-order valence-electron chi connectivity index (χ1n) is 9.21. The van der Waals surface area contributed by atoms with E-state index in [0.29, 0.717) is 0 Å². The smallest absolute Gasteiger partial charge is 0.0953 e. The first-order chi connectivity index (χ1) is 9.77. The summed E-state index contributed by atoms with van der Waals surface area (Å²) in [6.45, 7) is 3.46. The zero-order valence-electron chi connectivity index (χ0n) is 14.9. The maximum Gasteiger partial charge on any atom is 0.0953 e. The Morgan fingerprint density at radius 2 is 1.05 bits per heavy atom. The van der Waals surface area contributed by atoms with Crippen molar-refractivity contribution in [3.8, 4) is 0 Å². The topological polar surface area (TPSA) is 4.44 Å². The predicted molar refractivity (Wildman–Crippen MR) is 92.5 cm³/mol. The Hall–Kier alpha value is -0.0100. The minimum absolute atomic E-state index is 0. The molecular weight excluding hydrogens is 278 g/mol. The van der Waals surface area contributed by atoms with Gasteiger partial charge in [0.2, 0.25) is 0 Å². The van der Waals surface area contributed by atoms with E-state index in [1.807, 2.05) is 0 Å². The first-order valence-corrected chi connectivity index (χ1v) is 9.21. The van der Waals surface area contributed by atoms with E-state index in [1.54, 1.807) is 0 Å². The molecule has 0 aromatic carbocycles. The van der Waals surface area contributed by atoms with Crippen LogP contribution in [-0.2, 0) is 0 Å². The van der Waals surface area contributed by atoms with Crippen LogP contribution in [0.4, 0.5) is 0 Å². The zero-order chi connectivity index (χ0) is 14.9. The van der Waals surface area contributed by atoms with Gasteiger partial charge in [-0.3, -0.25) is 0 Å². The van der Waals surface area contributed by atoms with Gasteiger partial charge in [-0.05, 0) is 18.9 Å². The van der Waals surface area contributed by atoms with Crippen molar-refractivity contribution in [2.75, 3.05) is 20.6 Å². The minimum Gasteiger partial charge on any atom is -1.00 e. The average Bonchev–Trinajstić information content (AvgIpc) is 2.43. The highest BCUT2D eigenvalue weighted by molar-refractivity contribution is 4.80. The van der Waals surface area contributed by atoms with Crippen LogP contribution in [-0.4, -0.2) is 20.6 Å². The summed E-state index contributed by atoms with van der Waals surface area (Å²) in [4.78, 5) is 1.51. The first kappa shape index (κ1) is 23.3. The quantitative estimate of drug-likeness (QED) is 0.347. The number of unbranched alkanes of at least 4 members (excludes halogenated alkanes) is 12.